The van der Waals surface area contributed by atoms with E-state index in [9.17, 15) is 35.5 Å². The summed E-state index contributed by atoms with van der Waals surface area (Å²) in [7, 11) is 3.22. The van der Waals surface area contributed by atoms with Gasteiger partial charge in [-0.05, 0) is 81.1 Å². The lowest BCUT2D eigenvalue weighted by molar-refractivity contribution is -0.192. The van der Waals surface area contributed by atoms with Gasteiger partial charge in [0.05, 0.1) is 19.8 Å². The van der Waals surface area contributed by atoms with Crippen LogP contribution in [0.4, 0.5) is 41.2 Å². The Hall–Kier alpha value is -3.75. The number of urea groups is 1. The molecule has 4 rings (SSSR count). The summed E-state index contributed by atoms with van der Waals surface area (Å²) in [5.41, 5.74) is -0.320. The SMILES string of the molecule is CCCN1CCC2(c3ccc(OC)c(OC)c3)CCC(NC(=O)Nc3cc(F)cc(C(F)(F)F)c3)CC12.O=C(O)C(F)(F)F. The van der Waals surface area contributed by atoms with Crippen molar-refractivity contribution in [3.8, 4) is 11.5 Å². The van der Waals surface area contributed by atoms with Gasteiger partial charge in [0.1, 0.15) is 5.82 Å². The van der Waals surface area contributed by atoms with Crippen LogP contribution >= 0.6 is 0 Å². The molecule has 2 fully saturated rings. The predicted molar refractivity (Wildman–Crippen MR) is 146 cm³/mol. The Bertz CT molecular complexity index is 1320. The molecular formula is C29H34F7N3O5. The highest BCUT2D eigenvalue weighted by molar-refractivity contribution is 5.89. The van der Waals surface area contributed by atoms with E-state index in [4.69, 9.17) is 19.4 Å². The number of anilines is 1. The molecule has 0 bridgehead atoms. The number of hydrogen-bond acceptors (Lipinski definition) is 5. The van der Waals surface area contributed by atoms with E-state index in [0.717, 1.165) is 44.5 Å². The third-order valence-corrected chi connectivity index (χ3v) is 7.90. The summed E-state index contributed by atoms with van der Waals surface area (Å²) in [5, 5.41) is 12.4. The van der Waals surface area contributed by atoms with Crippen LogP contribution in [0.3, 0.4) is 0 Å². The van der Waals surface area contributed by atoms with Gasteiger partial charge >= 0.3 is 24.4 Å². The molecule has 3 unspecified atom stereocenters. The topological polar surface area (TPSA) is 100 Å². The van der Waals surface area contributed by atoms with Crippen LogP contribution in [0.5, 0.6) is 11.5 Å². The van der Waals surface area contributed by atoms with Crippen molar-refractivity contribution >= 4 is 17.7 Å². The van der Waals surface area contributed by atoms with Gasteiger partial charge < -0.3 is 25.2 Å². The first-order valence-corrected chi connectivity index (χ1v) is 13.8. The van der Waals surface area contributed by atoms with E-state index in [-0.39, 0.29) is 23.2 Å². The quantitative estimate of drug-likeness (QED) is 0.296. The fourth-order valence-electron chi connectivity index (χ4n) is 5.99. The highest BCUT2D eigenvalue weighted by Gasteiger charge is 2.51. The number of aliphatic carboxylic acids is 1. The molecule has 244 valence electrons. The number of carboxylic acid groups (broad SMARTS) is 1. The first-order valence-electron chi connectivity index (χ1n) is 13.8. The van der Waals surface area contributed by atoms with E-state index >= 15 is 0 Å². The lowest BCUT2D eigenvalue weighted by Crippen LogP contribution is -2.53. The first kappa shape index (κ1) is 34.7. The third-order valence-electron chi connectivity index (χ3n) is 7.90. The summed E-state index contributed by atoms with van der Waals surface area (Å²) in [6.07, 6.45) is -5.59. The van der Waals surface area contributed by atoms with Crippen LogP contribution in [0.1, 0.15) is 50.2 Å². The average molecular weight is 638 g/mol. The fraction of sp³-hybridized carbons (Fsp3) is 0.517. The summed E-state index contributed by atoms with van der Waals surface area (Å²) in [5.74, 6) is -2.48. The van der Waals surface area contributed by atoms with Crippen LogP contribution in [0, 0.1) is 5.82 Å². The van der Waals surface area contributed by atoms with Crippen molar-refractivity contribution in [2.45, 2.75) is 68.9 Å². The number of rotatable bonds is 7. The van der Waals surface area contributed by atoms with Gasteiger partial charge in [0, 0.05) is 23.2 Å². The Morgan fingerprint density at radius 2 is 1.68 bits per heavy atom. The molecule has 3 N–H and O–H groups in total. The van der Waals surface area contributed by atoms with Crippen molar-refractivity contribution in [1.29, 1.82) is 0 Å². The van der Waals surface area contributed by atoms with Gasteiger partial charge in [0.15, 0.2) is 11.5 Å². The number of benzene rings is 2. The second-order valence-electron chi connectivity index (χ2n) is 10.6. The summed E-state index contributed by atoms with van der Waals surface area (Å²) >= 11 is 0. The van der Waals surface area contributed by atoms with Gasteiger partial charge in [-0.15, -0.1) is 0 Å². The molecule has 2 aromatic rings. The fourth-order valence-corrected chi connectivity index (χ4v) is 5.99. The molecule has 0 spiro atoms. The van der Waals surface area contributed by atoms with Crippen LogP contribution in [0.25, 0.3) is 0 Å². The molecule has 3 atom stereocenters. The van der Waals surface area contributed by atoms with Gasteiger partial charge in [0.25, 0.3) is 0 Å². The van der Waals surface area contributed by atoms with Gasteiger partial charge in [-0.25, -0.2) is 14.0 Å². The highest BCUT2D eigenvalue weighted by Crippen LogP contribution is 2.50. The van der Waals surface area contributed by atoms with E-state index in [1.807, 2.05) is 12.1 Å². The number of carboxylic acids is 1. The van der Waals surface area contributed by atoms with Gasteiger partial charge in [-0.3, -0.25) is 4.90 Å². The van der Waals surface area contributed by atoms with Crippen LogP contribution in [0.2, 0.25) is 0 Å². The zero-order valence-electron chi connectivity index (χ0n) is 24.2. The third kappa shape index (κ3) is 8.24. The van der Waals surface area contributed by atoms with Crippen LogP contribution in [-0.2, 0) is 16.4 Å². The Morgan fingerprint density at radius 3 is 2.25 bits per heavy atom. The highest BCUT2D eigenvalue weighted by atomic mass is 19.4. The van der Waals surface area contributed by atoms with E-state index in [1.54, 1.807) is 14.2 Å². The second kappa shape index (κ2) is 13.9. The lowest BCUT2D eigenvalue weighted by Gasteiger charge is -2.45. The Labute approximate surface area is 249 Å². The van der Waals surface area contributed by atoms with Gasteiger partial charge in [-0.2, -0.15) is 26.3 Å². The number of nitrogens with one attached hydrogen (secondary N) is 2. The van der Waals surface area contributed by atoms with E-state index in [0.29, 0.717) is 30.4 Å². The minimum absolute atomic E-state index is 0.104. The number of methoxy groups -OCH3 is 2. The van der Waals surface area contributed by atoms with E-state index in [2.05, 4.69) is 28.5 Å². The molecular weight excluding hydrogens is 603 g/mol. The average Bonchev–Trinajstić information content (AvgIpc) is 3.30. The van der Waals surface area contributed by atoms with Crippen molar-refractivity contribution in [2.24, 2.45) is 0 Å². The molecule has 1 aliphatic heterocycles. The van der Waals surface area contributed by atoms with E-state index in [1.165, 1.54) is 5.56 Å². The molecule has 8 nitrogen and oxygen atoms in total. The summed E-state index contributed by atoms with van der Waals surface area (Å²) < 4.78 is 95.5. The first-order chi connectivity index (χ1) is 20.5. The molecule has 0 aromatic heterocycles. The minimum Gasteiger partial charge on any atom is -0.493 e. The monoisotopic (exact) mass is 637 g/mol. The molecule has 0 radical (unpaired) electrons. The maximum Gasteiger partial charge on any atom is 0.490 e. The number of hydrogen-bond donors (Lipinski definition) is 3. The summed E-state index contributed by atoms with van der Waals surface area (Å²) in [4.78, 5) is 24.0. The van der Waals surface area contributed by atoms with Crippen LogP contribution in [0.15, 0.2) is 36.4 Å². The molecule has 2 amide bonds. The number of amides is 2. The molecule has 1 aliphatic carbocycles. The second-order valence-corrected chi connectivity index (χ2v) is 10.6. The van der Waals surface area contributed by atoms with Crippen molar-refractivity contribution in [3.63, 3.8) is 0 Å². The molecule has 2 aromatic carbocycles. The van der Waals surface area contributed by atoms with Crippen molar-refractivity contribution in [3.05, 3.63) is 53.3 Å². The number of ether oxygens (including phenoxy) is 2. The van der Waals surface area contributed by atoms with Crippen molar-refractivity contribution in [2.75, 3.05) is 32.6 Å². The maximum atomic E-state index is 13.7. The molecule has 15 heteroatoms. The van der Waals surface area contributed by atoms with Crippen LogP contribution < -0.4 is 20.1 Å². The molecule has 44 heavy (non-hydrogen) atoms. The van der Waals surface area contributed by atoms with Gasteiger partial charge in [-0.1, -0.05) is 13.0 Å². The zero-order chi connectivity index (χ0) is 32.9. The number of likely N-dealkylation sites (tertiary alicyclic amines) is 1. The standard InChI is InChI=1S/C27H33F4N3O3.C2HF3O2/c1-4-10-34-11-9-26(17-5-6-22(36-2)23(14-17)37-3)8-7-20(16-24(26)34)32-25(35)33-21-13-18(27(29,30)31)12-19(28)15-21;3-2(4,5)1(6)7/h5-6,12-15,20,24H,4,7-11,16H2,1-3H3,(H2,32,33,35);(H,6,7). The molecule has 1 heterocycles. The number of halogens is 7. The number of carbonyl (C=O) groups is 2. The smallest absolute Gasteiger partial charge is 0.490 e. The minimum atomic E-state index is -5.08. The number of alkyl halides is 6. The molecule has 2 aliphatic rings. The Morgan fingerprint density at radius 1 is 1.02 bits per heavy atom. The summed E-state index contributed by atoms with van der Waals surface area (Å²) in [6, 6.07) is 7.42. The zero-order valence-corrected chi connectivity index (χ0v) is 24.2. The Balaban J connectivity index is 0.000000676. The predicted octanol–water partition coefficient (Wildman–Crippen LogP) is 6.59. The number of nitrogens with zero attached hydrogens (tertiary/aromatic N) is 1. The summed E-state index contributed by atoms with van der Waals surface area (Å²) in [6.45, 7) is 4.01. The lowest BCUT2D eigenvalue weighted by atomic mass is 9.65. The molecule has 1 saturated carbocycles. The largest absolute Gasteiger partial charge is 0.493 e. The van der Waals surface area contributed by atoms with Crippen molar-refractivity contribution < 1.29 is 54.9 Å². The van der Waals surface area contributed by atoms with E-state index < -0.39 is 35.7 Å². The molecule has 1 saturated heterocycles. The van der Waals surface area contributed by atoms with Crippen LogP contribution in [-0.4, -0.2) is 67.6 Å². The Kier molecular flexibility index (Phi) is 11.0. The van der Waals surface area contributed by atoms with Gasteiger partial charge in [0.2, 0.25) is 0 Å². The normalized spacial score (nSPS) is 21.9. The number of carbonyl (C=O) groups excluding carboxylic acids is 1. The van der Waals surface area contributed by atoms with Crippen molar-refractivity contribution in [1.82, 2.24) is 10.2 Å². The number of fused-ring (bicyclic) bond motifs is 1. The maximum absolute atomic E-state index is 13.7.